The number of rotatable bonds is 3. The molecule has 0 aliphatic heterocycles. The highest BCUT2D eigenvalue weighted by atomic mass is 79.9. The van der Waals surface area contributed by atoms with Crippen LogP contribution in [-0.4, -0.2) is 9.78 Å². The fourth-order valence-corrected chi connectivity index (χ4v) is 2.39. The maximum Gasteiger partial charge on any atom is 0.0635 e. The van der Waals surface area contributed by atoms with Gasteiger partial charge in [0.1, 0.15) is 0 Å². The summed E-state index contributed by atoms with van der Waals surface area (Å²) in [4.78, 5) is 0. The molecule has 2 nitrogen and oxygen atoms in total. The Morgan fingerprint density at radius 2 is 2.31 bits per heavy atom. The van der Waals surface area contributed by atoms with Gasteiger partial charge in [-0.25, -0.2) is 0 Å². The number of halogens is 1. The molecule has 0 amide bonds. The summed E-state index contributed by atoms with van der Waals surface area (Å²) in [7, 11) is 0. The highest BCUT2D eigenvalue weighted by molar-refractivity contribution is 9.10. The number of hydrogen-bond acceptors (Lipinski definition) is 1. The van der Waals surface area contributed by atoms with Gasteiger partial charge in [0, 0.05) is 6.54 Å². The molecule has 1 aliphatic rings. The Hall–Kier alpha value is -0.310. The average molecular weight is 243 g/mol. The van der Waals surface area contributed by atoms with Gasteiger partial charge in [-0.3, -0.25) is 4.68 Å². The van der Waals surface area contributed by atoms with Crippen LogP contribution in [0.3, 0.4) is 0 Å². The van der Waals surface area contributed by atoms with E-state index in [-0.39, 0.29) is 0 Å². The minimum absolute atomic E-state index is 0.552. The fraction of sp³-hybridized carbons (Fsp3) is 0.700. The van der Waals surface area contributed by atoms with E-state index in [2.05, 4.69) is 39.6 Å². The summed E-state index contributed by atoms with van der Waals surface area (Å²) in [6.45, 7) is 5.54. The summed E-state index contributed by atoms with van der Waals surface area (Å²) >= 11 is 3.54. The summed E-state index contributed by atoms with van der Waals surface area (Å²) in [5, 5.41) is 4.39. The van der Waals surface area contributed by atoms with Gasteiger partial charge in [0.2, 0.25) is 0 Å². The number of aromatic nitrogens is 2. The molecule has 0 unspecified atom stereocenters. The van der Waals surface area contributed by atoms with Gasteiger partial charge in [-0.05, 0) is 40.6 Å². The molecule has 1 aromatic rings. The Kier molecular flexibility index (Phi) is 2.45. The third kappa shape index (κ3) is 1.96. The van der Waals surface area contributed by atoms with Crippen molar-refractivity contribution in [2.45, 2.75) is 39.2 Å². The summed E-state index contributed by atoms with van der Waals surface area (Å²) in [6.07, 6.45) is 4.68. The first-order valence-corrected chi connectivity index (χ1v) is 5.69. The molecule has 1 saturated carbocycles. The lowest BCUT2D eigenvalue weighted by Gasteiger charge is -2.09. The monoisotopic (exact) mass is 242 g/mol. The van der Waals surface area contributed by atoms with E-state index in [9.17, 15) is 0 Å². The van der Waals surface area contributed by atoms with Gasteiger partial charge in [-0.2, -0.15) is 5.10 Å². The van der Waals surface area contributed by atoms with Gasteiger partial charge in [-0.15, -0.1) is 0 Å². The topological polar surface area (TPSA) is 17.8 Å². The zero-order valence-corrected chi connectivity index (χ0v) is 9.71. The zero-order chi connectivity index (χ0) is 9.42. The third-order valence-electron chi connectivity index (χ3n) is 2.51. The Morgan fingerprint density at radius 3 is 2.85 bits per heavy atom. The van der Waals surface area contributed by atoms with Crippen molar-refractivity contribution in [2.24, 2.45) is 5.92 Å². The second-order valence-corrected chi connectivity index (χ2v) is 5.01. The van der Waals surface area contributed by atoms with Crippen molar-refractivity contribution in [3.05, 3.63) is 16.4 Å². The Balaban J connectivity index is 2.22. The Labute approximate surface area is 87.5 Å². The van der Waals surface area contributed by atoms with Crippen molar-refractivity contribution < 1.29 is 0 Å². The molecule has 1 aliphatic carbocycles. The van der Waals surface area contributed by atoms with Crippen LogP contribution in [0.1, 0.15) is 38.3 Å². The van der Waals surface area contributed by atoms with Crippen LogP contribution in [0.15, 0.2) is 10.7 Å². The molecule has 0 aromatic carbocycles. The molecule has 13 heavy (non-hydrogen) atoms. The molecule has 1 aromatic heterocycles. The van der Waals surface area contributed by atoms with Crippen LogP contribution < -0.4 is 0 Å². The molecule has 0 N–H and O–H groups in total. The third-order valence-corrected chi connectivity index (χ3v) is 3.12. The van der Waals surface area contributed by atoms with Crippen molar-refractivity contribution in [1.82, 2.24) is 9.78 Å². The molecule has 3 heteroatoms. The van der Waals surface area contributed by atoms with Gasteiger partial charge in [0.05, 0.1) is 16.4 Å². The standard InChI is InChI=1S/C10H15BrN2/c1-7(2)10-9(11)5-12-13(10)6-8-3-4-8/h5,7-8H,3-4,6H2,1-2H3. The van der Waals surface area contributed by atoms with Crippen molar-refractivity contribution in [2.75, 3.05) is 0 Å². The van der Waals surface area contributed by atoms with Crippen LogP contribution >= 0.6 is 15.9 Å². The summed E-state index contributed by atoms with van der Waals surface area (Å²) in [5.74, 6) is 1.44. The molecule has 72 valence electrons. The van der Waals surface area contributed by atoms with Gasteiger partial charge in [0.25, 0.3) is 0 Å². The van der Waals surface area contributed by atoms with Crippen LogP contribution in [0, 0.1) is 5.92 Å². The largest absolute Gasteiger partial charge is 0.268 e. The van der Waals surface area contributed by atoms with E-state index < -0.39 is 0 Å². The predicted molar refractivity (Wildman–Crippen MR) is 56.7 cm³/mol. The minimum Gasteiger partial charge on any atom is -0.268 e. The van der Waals surface area contributed by atoms with E-state index in [1.165, 1.54) is 18.5 Å². The molecule has 0 atom stereocenters. The second-order valence-electron chi connectivity index (χ2n) is 4.16. The van der Waals surface area contributed by atoms with Gasteiger partial charge < -0.3 is 0 Å². The lowest BCUT2D eigenvalue weighted by atomic mass is 10.1. The van der Waals surface area contributed by atoms with E-state index >= 15 is 0 Å². The van der Waals surface area contributed by atoms with E-state index in [0.29, 0.717) is 5.92 Å². The highest BCUT2D eigenvalue weighted by Crippen LogP contribution is 2.33. The molecule has 0 bridgehead atoms. The lowest BCUT2D eigenvalue weighted by Crippen LogP contribution is -2.07. The molecule has 0 spiro atoms. The first-order chi connectivity index (χ1) is 6.18. The fourth-order valence-electron chi connectivity index (χ4n) is 1.64. The maximum atomic E-state index is 4.39. The van der Waals surface area contributed by atoms with Gasteiger partial charge in [0.15, 0.2) is 0 Å². The lowest BCUT2D eigenvalue weighted by molar-refractivity contribution is 0.526. The molecule has 0 saturated heterocycles. The first-order valence-electron chi connectivity index (χ1n) is 4.89. The Morgan fingerprint density at radius 1 is 1.62 bits per heavy atom. The van der Waals surface area contributed by atoms with Crippen molar-refractivity contribution in [3.8, 4) is 0 Å². The van der Waals surface area contributed by atoms with Gasteiger partial charge in [-0.1, -0.05) is 13.8 Å². The van der Waals surface area contributed by atoms with E-state index in [4.69, 9.17) is 0 Å². The normalized spacial score (nSPS) is 16.9. The van der Waals surface area contributed by atoms with E-state index in [0.717, 1.165) is 16.9 Å². The SMILES string of the molecule is CC(C)c1c(Br)cnn1CC1CC1. The van der Waals surface area contributed by atoms with Crippen LogP contribution in [-0.2, 0) is 6.54 Å². The molecule has 1 heterocycles. The van der Waals surface area contributed by atoms with Crippen LogP contribution in [0.25, 0.3) is 0 Å². The van der Waals surface area contributed by atoms with E-state index in [1.54, 1.807) is 0 Å². The van der Waals surface area contributed by atoms with Crippen LogP contribution in [0.2, 0.25) is 0 Å². The number of nitrogens with zero attached hydrogens (tertiary/aromatic N) is 2. The maximum absolute atomic E-state index is 4.39. The Bertz CT molecular complexity index is 300. The van der Waals surface area contributed by atoms with Crippen LogP contribution in [0.4, 0.5) is 0 Å². The average Bonchev–Trinajstić information content (AvgIpc) is 2.76. The quantitative estimate of drug-likeness (QED) is 0.797. The number of hydrogen-bond donors (Lipinski definition) is 0. The van der Waals surface area contributed by atoms with Crippen molar-refractivity contribution in [1.29, 1.82) is 0 Å². The summed E-state index contributed by atoms with van der Waals surface area (Å²) in [6, 6.07) is 0. The molecule has 0 radical (unpaired) electrons. The molecule has 2 rings (SSSR count). The summed E-state index contributed by atoms with van der Waals surface area (Å²) in [5.41, 5.74) is 1.34. The van der Waals surface area contributed by atoms with Crippen molar-refractivity contribution >= 4 is 15.9 Å². The van der Waals surface area contributed by atoms with E-state index in [1.807, 2.05) is 6.20 Å². The first kappa shape index (κ1) is 9.25. The highest BCUT2D eigenvalue weighted by Gasteiger charge is 2.24. The second kappa shape index (κ2) is 3.45. The predicted octanol–water partition coefficient (Wildman–Crippen LogP) is 3.18. The van der Waals surface area contributed by atoms with Crippen molar-refractivity contribution in [3.63, 3.8) is 0 Å². The zero-order valence-electron chi connectivity index (χ0n) is 8.13. The summed E-state index contributed by atoms with van der Waals surface area (Å²) < 4.78 is 3.31. The molecular weight excluding hydrogens is 228 g/mol. The van der Waals surface area contributed by atoms with Crippen LogP contribution in [0.5, 0.6) is 0 Å². The molecule has 1 fully saturated rings. The van der Waals surface area contributed by atoms with Gasteiger partial charge >= 0.3 is 0 Å². The molecular formula is C10H15BrN2. The minimum atomic E-state index is 0.552. The smallest absolute Gasteiger partial charge is 0.0635 e.